The van der Waals surface area contributed by atoms with Gasteiger partial charge in [-0.3, -0.25) is 4.79 Å². The van der Waals surface area contributed by atoms with Gasteiger partial charge in [-0.25, -0.2) is 4.98 Å². The molecular weight excluding hydrogens is 288 g/mol. The van der Waals surface area contributed by atoms with E-state index >= 15 is 0 Å². The van der Waals surface area contributed by atoms with Crippen LogP contribution in [0.4, 0.5) is 5.69 Å². The Labute approximate surface area is 128 Å². The van der Waals surface area contributed by atoms with Crippen molar-refractivity contribution in [3.63, 3.8) is 0 Å². The van der Waals surface area contributed by atoms with Crippen molar-refractivity contribution in [2.75, 3.05) is 11.9 Å². The van der Waals surface area contributed by atoms with E-state index in [1.807, 2.05) is 31.2 Å². The van der Waals surface area contributed by atoms with E-state index in [0.29, 0.717) is 12.3 Å². The molecule has 1 aromatic heterocycles. The first-order valence-electron chi connectivity index (χ1n) is 6.77. The number of amides is 1. The Kier molecular flexibility index (Phi) is 3.90. The number of hydrogen-bond donors (Lipinski definition) is 1. The summed E-state index contributed by atoms with van der Waals surface area (Å²) in [5, 5.41) is 3.08. The topological polar surface area (TPSA) is 51.2 Å². The van der Waals surface area contributed by atoms with Gasteiger partial charge in [0.1, 0.15) is 0 Å². The number of ether oxygens (including phenoxy) is 1. The normalized spacial score (nSPS) is 17.1. The van der Waals surface area contributed by atoms with Gasteiger partial charge >= 0.3 is 0 Å². The average molecular weight is 303 g/mol. The third-order valence-electron chi connectivity index (χ3n) is 3.47. The Morgan fingerprint density at radius 2 is 2.24 bits per heavy atom. The second-order valence-corrected chi connectivity index (χ2v) is 5.40. The van der Waals surface area contributed by atoms with Crippen LogP contribution in [-0.2, 0) is 16.0 Å². The number of carbonyl (C=O) groups is 1. The molecule has 2 heterocycles. The predicted molar refractivity (Wildman–Crippen MR) is 81.5 cm³/mol. The predicted octanol–water partition coefficient (Wildman–Crippen LogP) is 3.30. The zero-order valence-electron chi connectivity index (χ0n) is 11.6. The fraction of sp³-hybridized carbons (Fsp3) is 0.250. The molecule has 0 aliphatic carbocycles. The van der Waals surface area contributed by atoms with Gasteiger partial charge in [0, 0.05) is 6.20 Å². The minimum Gasteiger partial charge on any atom is -0.363 e. The zero-order chi connectivity index (χ0) is 14.8. The van der Waals surface area contributed by atoms with E-state index < -0.39 is 6.10 Å². The maximum Gasteiger partial charge on any atom is 0.258 e. The molecule has 1 amide bonds. The number of aryl methyl sites for hydroxylation is 1. The van der Waals surface area contributed by atoms with Gasteiger partial charge in [-0.05, 0) is 36.1 Å². The monoisotopic (exact) mass is 302 g/mol. The van der Waals surface area contributed by atoms with E-state index in [9.17, 15) is 4.79 Å². The Bertz CT molecular complexity index is 688. The fourth-order valence-electron chi connectivity index (χ4n) is 2.45. The molecular formula is C16H15ClN2O2. The maximum atomic E-state index is 12.5. The number of pyridine rings is 1. The minimum absolute atomic E-state index is 0.226. The minimum atomic E-state index is -0.605. The molecule has 0 saturated heterocycles. The molecule has 0 radical (unpaired) electrons. The quantitative estimate of drug-likeness (QED) is 0.866. The van der Waals surface area contributed by atoms with Crippen LogP contribution in [0.5, 0.6) is 0 Å². The van der Waals surface area contributed by atoms with Crippen molar-refractivity contribution in [3.8, 4) is 0 Å². The lowest BCUT2D eigenvalue weighted by Crippen LogP contribution is -2.28. The fourth-order valence-corrected chi connectivity index (χ4v) is 2.60. The number of benzene rings is 1. The van der Waals surface area contributed by atoms with Crippen LogP contribution >= 0.6 is 11.6 Å². The standard InChI is InChI=1S/C16H15ClN2O2/c1-10-8-13(15(17)18-9-10)19-16(20)14-12-5-3-2-4-11(12)6-7-21-14/h2-5,8-9,14H,6-7H2,1H3,(H,19,20). The number of carbonyl (C=O) groups excluding carboxylic acids is 1. The summed E-state index contributed by atoms with van der Waals surface area (Å²) in [5.41, 5.74) is 3.50. The molecule has 1 unspecified atom stereocenters. The van der Waals surface area contributed by atoms with Gasteiger partial charge in [-0.1, -0.05) is 35.9 Å². The van der Waals surface area contributed by atoms with Gasteiger partial charge in [-0.15, -0.1) is 0 Å². The van der Waals surface area contributed by atoms with Crippen LogP contribution in [0.3, 0.4) is 0 Å². The van der Waals surface area contributed by atoms with E-state index in [4.69, 9.17) is 16.3 Å². The molecule has 5 heteroatoms. The molecule has 4 nitrogen and oxygen atoms in total. The molecule has 3 rings (SSSR count). The molecule has 0 spiro atoms. The number of nitrogens with zero attached hydrogens (tertiary/aromatic N) is 1. The van der Waals surface area contributed by atoms with Gasteiger partial charge in [0.2, 0.25) is 0 Å². The Morgan fingerprint density at radius 1 is 1.43 bits per heavy atom. The van der Waals surface area contributed by atoms with Crippen LogP contribution in [0, 0.1) is 6.92 Å². The SMILES string of the molecule is Cc1cnc(Cl)c(NC(=O)C2OCCc3ccccc32)c1. The third-order valence-corrected chi connectivity index (χ3v) is 3.77. The summed E-state index contributed by atoms with van der Waals surface area (Å²) in [5.74, 6) is -0.226. The van der Waals surface area contributed by atoms with Crippen molar-refractivity contribution >= 4 is 23.2 Å². The Balaban J connectivity index is 1.85. The Hall–Kier alpha value is -1.91. The first-order valence-corrected chi connectivity index (χ1v) is 7.15. The number of halogens is 1. The first-order chi connectivity index (χ1) is 10.1. The lowest BCUT2D eigenvalue weighted by atomic mass is 9.97. The van der Waals surface area contributed by atoms with Crippen molar-refractivity contribution in [2.45, 2.75) is 19.4 Å². The highest BCUT2D eigenvalue weighted by Crippen LogP contribution is 2.29. The molecule has 1 aliphatic heterocycles. The molecule has 1 aromatic carbocycles. The molecule has 0 bridgehead atoms. The lowest BCUT2D eigenvalue weighted by Gasteiger charge is -2.25. The number of fused-ring (bicyclic) bond motifs is 1. The summed E-state index contributed by atoms with van der Waals surface area (Å²) >= 11 is 6.01. The molecule has 0 saturated carbocycles. The third kappa shape index (κ3) is 2.91. The second kappa shape index (κ2) is 5.84. The molecule has 21 heavy (non-hydrogen) atoms. The summed E-state index contributed by atoms with van der Waals surface area (Å²) in [4.78, 5) is 16.5. The van der Waals surface area contributed by atoms with Crippen LogP contribution in [0.2, 0.25) is 5.15 Å². The van der Waals surface area contributed by atoms with Crippen LogP contribution in [0.1, 0.15) is 22.8 Å². The van der Waals surface area contributed by atoms with Crippen LogP contribution in [0.25, 0.3) is 0 Å². The van der Waals surface area contributed by atoms with Crippen LogP contribution in [-0.4, -0.2) is 17.5 Å². The summed E-state index contributed by atoms with van der Waals surface area (Å²) in [7, 11) is 0. The van der Waals surface area contributed by atoms with Gasteiger partial charge in [-0.2, -0.15) is 0 Å². The van der Waals surface area contributed by atoms with Crippen molar-refractivity contribution in [1.82, 2.24) is 4.98 Å². The van der Waals surface area contributed by atoms with E-state index in [1.165, 1.54) is 0 Å². The molecule has 1 aliphatic rings. The summed E-state index contributed by atoms with van der Waals surface area (Å²) < 4.78 is 5.63. The number of anilines is 1. The molecule has 2 aromatic rings. The highest BCUT2D eigenvalue weighted by Gasteiger charge is 2.27. The highest BCUT2D eigenvalue weighted by molar-refractivity contribution is 6.32. The Morgan fingerprint density at radius 3 is 3.10 bits per heavy atom. The van der Waals surface area contributed by atoms with Crippen molar-refractivity contribution in [2.24, 2.45) is 0 Å². The number of rotatable bonds is 2. The van der Waals surface area contributed by atoms with E-state index in [-0.39, 0.29) is 11.1 Å². The summed E-state index contributed by atoms with van der Waals surface area (Å²) in [6.07, 6.45) is 1.88. The van der Waals surface area contributed by atoms with E-state index in [1.54, 1.807) is 12.3 Å². The van der Waals surface area contributed by atoms with Gasteiger partial charge in [0.05, 0.1) is 12.3 Å². The lowest BCUT2D eigenvalue weighted by molar-refractivity contribution is -0.128. The largest absolute Gasteiger partial charge is 0.363 e. The van der Waals surface area contributed by atoms with Gasteiger partial charge in [0.25, 0.3) is 5.91 Å². The van der Waals surface area contributed by atoms with E-state index in [2.05, 4.69) is 10.3 Å². The summed E-state index contributed by atoms with van der Waals surface area (Å²) in [6, 6.07) is 9.63. The average Bonchev–Trinajstić information content (AvgIpc) is 2.50. The van der Waals surface area contributed by atoms with Crippen molar-refractivity contribution in [1.29, 1.82) is 0 Å². The molecule has 0 fully saturated rings. The molecule has 1 N–H and O–H groups in total. The summed E-state index contributed by atoms with van der Waals surface area (Å²) in [6.45, 7) is 2.43. The first kappa shape index (κ1) is 14.0. The smallest absolute Gasteiger partial charge is 0.258 e. The van der Waals surface area contributed by atoms with Gasteiger partial charge < -0.3 is 10.1 Å². The van der Waals surface area contributed by atoms with Crippen molar-refractivity contribution in [3.05, 3.63) is 58.4 Å². The van der Waals surface area contributed by atoms with Crippen LogP contribution < -0.4 is 5.32 Å². The number of aromatic nitrogens is 1. The van der Waals surface area contributed by atoms with Crippen LogP contribution in [0.15, 0.2) is 36.5 Å². The second-order valence-electron chi connectivity index (χ2n) is 5.04. The maximum absolute atomic E-state index is 12.5. The van der Waals surface area contributed by atoms with Crippen molar-refractivity contribution < 1.29 is 9.53 Å². The highest BCUT2D eigenvalue weighted by atomic mass is 35.5. The molecule has 108 valence electrons. The zero-order valence-corrected chi connectivity index (χ0v) is 12.4. The van der Waals surface area contributed by atoms with Gasteiger partial charge in [0.15, 0.2) is 11.3 Å². The number of nitrogens with one attached hydrogen (secondary N) is 1. The number of hydrogen-bond acceptors (Lipinski definition) is 3. The van der Waals surface area contributed by atoms with E-state index in [0.717, 1.165) is 23.1 Å². The molecule has 1 atom stereocenters.